The van der Waals surface area contributed by atoms with Crippen molar-refractivity contribution in [3.05, 3.63) is 0 Å². The molecule has 1 unspecified atom stereocenters. The minimum Gasteiger partial charge on any atom is -0.227 e. The fourth-order valence-electron chi connectivity index (χ4n) is 2.10. The Morgan fingerprint density at radius 2 is 1.26 bits per heavy atom. The largest absolute Gasteiger partial charge is 0.236 e. The molecule has 1 aliphatic carbocycles. The third-order valence-corrected chi connectivity index (χ3v) is 5.74. The van der Waals surface area contributed by atoms with Crippen LogP contribution in [-0.4, -0.2) is 17.0 Å². The molecule has 0 aromatic carbocycles. The molecule has 0 saturated heterocycles. The van der Waals surface area contributed by atoms with Gasteiger partial charge in [0.05, 0.1) is 0 Å². The number of rotatable bonds is 8. The van der Waals surface area contributed by atoms with Crippen LogP contribution < -0.4 is 0 Å². The molecule has 4 nitrogen and oxygen atoms in total. The fourth-order valence-corrected chi connectivity index (χ4v) is 2.10. The lowest BCUT2D eigenvalue weighted by molar-refractivity contribution is -0.560. The predicted octanol–water partition coefficient (Wildman–Crippen LogP) is 5.66. The summed E-state index contributed by atoms with van der Waals surface area (Å²) in [7, 11) is 0. The molecular weight excluding hydrogens is 292 g/mol. The highest BCUT2D eigenvalue weighted by molar-refractivity contribution is 4.81. The molecule has 0 radical (unpaired) electrons. The van der Waals surface area contributed by atoms with E-state index < -0.39 is 5.79 Å². The molecule has 0 aromatic heterocycles. The van der Waals surface area contributed by atoms with Crippen LogP contribution in [0.2, 0.25) is 0 Å². The fraction of sp³-hybridized carbons (Fsp3) is 1.00. The summed E-state index contributed by atoms with van der Waals surface area (Å²) >= 11 is 0. The molecule has 0 spiro atoms. The Kier molecular flexibility index (Phi) is 7.10. The number of hydrogen-bond donors (Lipinski definition) is 0. The van der Waals surface area contributed by atoms with Crippen molar-refractivity contribution in [1.82, 2.24) is 0 Å². The minimum atomic E-state index is -0.823. The van der Waals surface area contributed by atoms with Crippen LogP contribution in [0.3, 0.4) is 0 Å². The third-order valence-electron chi connectivity index (χ3n) is 5.74. The highest BCUT2D eigenvalue weighted by atomic mass is 17.3. The van der Waals surface area contributed by atoms with Gasteiger partial charge in [-0.2, -0.15) is 9.78 Å². The zero-order valence-electron chi connectivity index (χ0n) is 16.7. The summed E-state index contributed by atoms with van der Waals surface area (Å²) in [4.78, 5) is 23.5. The molecule has 0 heterocycles. The summed E-state index contributed by atoms with van der Waals surface area (Å²) < 4.78 is 0. The first kappa shape index (κ1) is 20.9. The summed E-state index contributed by atoms with van der Waals surface area (Å²) in [5, 5.41) is 0. The summed E-state index contributed by atoms with van der Waals surface area (Å²) in [6, 6.07) is 0. The van der Waals surface area contributed by atoms with E-state index in [0.717, 1.165) is 19.3 Å². The Balaban J connectivity index is 2.83. The van der Waals surface area contributed by atoms with E-state index in [-0.39, 0.29) is 17.1 Å². The molecule has 0 N–H and O–H groups in total. The molecule has 0 aliphatic heterocycles. The van der Waals surface area contributed by atoms with E-state index in [1.807, 2.05) is 27.7 Å². The summed E-state index contributed by atoms with van der Waals surface area (Å²) in [6.07, 6.45) is 4.09. The topological polar surface area (TPSA) is 36.9 Å². The predicted molar refractivity (Wildman–Crippen MR) is 92.5 cm³/mol. The lowest BCUT2D eigenvalue weighted by Gasteiger charge is -2.43. The van der Waals surface area contributed by atoms with Crippen LogP contribution in [0.5, 0.6) is 0 Å². The van der Waals surface area contributed by atoms with Gasteiger partial charge in [0.15, 0.2) is 0 Å². The van der Waals surface area contributed by atoms with E-state index in [4.69, 9.17) is 19.6 Å². The van der Waals surface area contributed by atoms with E-state index in [1.54, 1.807) is 0 Å². The van der Waals surface area contributed by atoms with E-state index in [1.165, 1.54) is 6.42 Å². The highest BCUT2D eigenvalue weighted by Gasteiger charge is 2.46. The van der Waals surface area contributed by atoms with Crippen LogP contribution in [-0.2, 0) is 19.6 Å². The van der Waals surface area contributed by atoms with Crippen LogP contribution in [0.1, 0.15) is 88.0 Å². The summed E-state index contributed by atoms with van der Waals surface area (Å²) in [5.74, 6) is 0.0800. The Bertz CT molecular complexity index is 336. The summed E-state index contributed by atoms with van der Waals surface area (Å²) in [5.41, 5.74) is -0.748. The van der Waals surface area contributed by atoms with Crippen molar-refractivity contribution in [2.75, 3.05) is 0 Å². The van der Waals surface area contributed by atoms with Crippen molar-refractivity contribution >= 4 is 0 Å². The number of hydrogen-bond acceptors (Lipinski definition) is 4. The Labute approximate surface area is 143 Å². The first-order valence-corrected chi connectivity index (χ1v) is 9.16. The van der Waals surface area contributed by atoms with Crippen molar-refractivity contribution < 1.29 is 19.6 Å². The molecule has 23 heavy (non-hydrogen) atoms. The Morgan fingerprint density at radius 3 is 1.61 bits per heavy atom. The van der Waals surface area contributed by atoms with Gasteiger partial charge in [0.25, 0.3) is 0 Å². The zero-order chi connectivity index (χ0) is 17.9. The van der Waals surface area contributed by atoms with Crippen LogP contribution >= 0.6 is 0 Å². The second-order valence-corrected chi connectivity index (χ2v) is 8.81. The molecule has 1 rings (SSSR count). The van der Waals surface area contributed by atoms with Gasteiger partial charge < -0.3 is 0 Å². The molecule has 1 aliphatic rings. The highest BCUT2D eigenvalue weighted by Crippen LogP contribution is 2.41. The second kappa shape index (κ2) is 7.81. The van der Waals surface area contributed by atoms with Crippen LogP contribution in [0, 0.1) is 17.8 Å². The normalized spacial score (nSPS) is 22.8. The lowest BCUT2D eigenvalue weighted by atomic mass is 9.85. The minimum absolute atomic E-state index is 0.224. The average Bonchev–Trinajstić information content (AvgIpc) is 2.45. The van der Waals surface area contributed by atoms with Crippen LogP contribution in [0.4, 0.5) is 0 Å². The van der Waals surface area contributed by atoms with E-state index in [2.05, 4.69) is 34.6 Å². The van der Waals surface area contributed by atoms with E-state index >= 15 is 0 Å². The van der Waals surface area contributed by atoms with Crippen molar-refractivity contribution in [1.29, 1.82) is 0 Å². The van der Waals surface area contributed by atoms with Crippen LogP contribution in [0.25, 0.3) is 0 Å². The summed E-state index contributed by atoms with van der Waals surface area (Å²) in [6.45, 7) is 18.8. The van der Waals surface area contributed by atoms with Crippen molar-refractivity contribution in [2.45, 2.75) is 105 Å². The Hall–Kier alpha value is -0.160. The molecule has 0 amide bonds. The molecule has 4 heteroatoms. The lowest BCUT2D eigenvalue weighted by Crippen LogP contribution is -2.49. The molecule has 138 valence electrons. The quantitative estimate of drug-likeness (QED) is 0.327. The van der Waals surface area contributed by atoms with Gasteiger partial charge in [-0.25, -0.2) is 9.78 Å². The maximum absolute atomic E-state index is 5.94. The molecule has 0 bridgehead atoms. The molecular formula is C19H38O4. The van der Waals surface area contributed by atoms with Crippen molar-refractivity contribution in [3.8, 4) is 0 Å². The smallest absolute Gasteiger partial charge is 0.227 e. The molecule has 1 saturated carbocycles. The first-order chi connectivity index (χ1) is 10.4. The SMILES string of the molecule is CC(C)C(C)(C)OOC1(OOC(C)(C)C(C)C)CCCCC1C. The second-order valence-electron chi connectivity index (χ2n) is 8.81. The van der Waals surface area contributed by atoms with Gasteiger partial charge in [0.2, 0.25) is 5.79 Å². The van der Waals surface area contributed by atoms with Gasteiger partial charge in [-0.05, 0) is 52.4 Å². The van der Waals surface area contributed by atoms with Gasteiger partial charge in [-0.3, -0.25) is 0 Å². The third kappa shape index (κ3) is 5.42. The average molecular weight is 331 g/mol. The standard InChI is InChI=1S/C19H38O4/c1-14(2)17(6,7)20-22-19(13-11-10-12-16(19)5)23-21-18(8,9)15(3)4/h14-16H,10-13H2,1-9H3. The zero-order valence-corrected chi connectivity index (χ0v) is 16.7. The van der Waals surface area contributed by atoms with Crippen LogP contribution in [0.15, 0.2) is 0 Å². The van der Waals surface area contributed by atoms with E-state index in [0.29, 0.717) is 11.8 Å². The molecule has 1 fully saturated rings. The van der Waals surface area contributed by atoms with Crippen molar-refractivity contribution in [3.63, 3.8) is 0 Å². The Morgan fingerprint density at radius 1 is 0.826 bits per heavy atom. The maximum atomic E-state index is 5.94. The van der Waals surface area contributed by atoms with Gasteiger partial charge in [0, 0.05) is 12.3 Å². The molecule has 1 atom stereocenters. The van der Waals surface area contributed by atoms with E-state index in [9.17, 15) is 0 Å². The maximum Gasteiger partial charge on any atom is 0.236 e. The van der Waals surface area contributed by atoms with Gasteiger partial charge in [-0.1, -0.05) is 41.0 Å². The van der Waals surface area contributed by atoms with Crippen molar-refractivity contribution in [2.24, 2.45) is 17.8 Å². The van der Waals surface area contributed by atoms with Gasteiger partial charge in [0.1, 0.15) is 11.2 Å². The van der Waals surface area contributed by atoms with Gasteiger partial charge in [-0.15, -0.1) is 0 Å². The first-order valence-electron chi connectivity index (χ1n) is 9.16. The monoisotopic (exact) mass is 330 g/mol. The van der Waals surface area contributed by atoms with Gasteiger partial charge >= 0.3 is 0 Å². The molecule has 0 aromatic rings.